The number of nitrogens with zero attached hydrogens (tertiary/aromatic N) is 3. The lowest BCUT2D eigenvalue weighted by atomic mass is 9.89. The summed E-state index contributed by atoms with van der Waals surface area (Å²) in [4.78, 5) is 24.2. The summed E-state index contributed by atoms with van der Waals surface area (Å²) < 4.78 is 0. The summed E-state index contributed by atoms with van der Waals surface area (Å²) in [5, 5.41) is 9.70. The van der Waals surface area contributed by atoms with E-state index in [1.165, 1.54) is 0 Å². The molecule has 2 aliphatic heterocycles. The van der Waals surface area contributed by atoms with Gasteiger partial charge in [-0.2, -0.15) is 0 Å². The largest absolute Gasteiger partial charge is 0.396 e. The number of fused-ring (bicyclic) bond motifs is 2. The third-order valence-electron chi connectivity index (χ3n) is 5.64. The van der Waals surface area contributed by atoms with Crippen molar-refractivity contribution in [3.05, 3.63) is 47.8 Å². The maximum atomic E-state index is 13.5. The summed E-state index contributed by atoms with van der Waals surface area (Å²) in [6.45, 7) is 2.15. The standard InChI is InChI=1S/C20H23N3O2/c1-13-3-7-16(19-21-9-2-10-22-19)17(11-13)20(25)23-15-5-4-14(12-24)18(23)8-6-15/h2-3,7,9-11,14-15,18,24H,4-6,8,12H2,1H3/t14-,15?,18+/m1/s1. The van der Waals surface area contributed by atoms with Gasteiger partial charge in [0.25, 0.3) is 5.91 Å². The van der Waals surface area contributed by atoms with Gasteiger partial charge in [0.2, 0.25) is 0 Å². The normalized spacial score (nSPS) is 25.2. The molecule has 2 bridgehead atoms. The molecule has 1 N–H and O–H groups in total. The number of carbonyl (C=O) groups excluding carboxylic acids is 1. The van der Waals surface area contributed by atoms with Gasteiger partial charge in [0.15, 0.2) is 5.82 Å². The Hall–Kier alpha value is -2.27. The van der Waals surface area contributed by atoms with Crippen LogP contribution in [0.2, 0.25) is 0 Å². The lowest BCUT2D eigenvalue weighted by Gasteiger charge is -2.39. The second-order valence-electron chi connectivity index (χ2n) is 7.15. The summed E-state index contributed by atoms with van der Waals surface area (Å²) in [5.74, 6) is 0.828. The van der Waals surface area contributed by atoms with Crippen molar-refractivity contribution in [1.29, 1.82) is 0 Å². The first-order valence-electron chi connectivity index (χ1n) is 9.00. The molecule has 2 aromatic rings. The van der Waals surface area contributed by atoms with Gasteiger partial charge in [-0.3, -0.25) is 4.79 Å². The van der Waals surface area contributed by atoms with Crippen LogP contribution >= 0.6 is 0 Å². The molecule has 2 saturated heterocycles. The summed E-state index contributed by atoms with van der Waals surface area (Å²) in [6.07, 6.45) is 7.42. The van der Waals surface area contributed by atoms with Crippen LogP contribution in [-0.2, 0) is 0 Å². The van der Waals surface area contributed by atoms with Gasteiger partial charge in [-0.05, 0) is 44.7 Å². The third-order valence-corrected chi connectivity index (χ3v) is 5.64. The zero-order chi connectivity index (χ0) is 17.4. The van der Waals surface area contributed by atoms with E-state index in [1.807, 2.05) is 30.0 Å². The van der Waals surface area contributed by atoms with E-state index in [2.05, 4.69) is 9.97 Å². The van der Waals surface area contributed by atoms with E-state index in [-0.39, 0.29) is 24.5 Å². The van der Waals surface area contributed by atoms with Crippen molar-refractivity contribution in [2.45, 2.75) is 44.7 Å². The highest BCUT2D eigenvalue weighted by atomic mass is 16.3. The second kappa shape index (κ2) is 6.56. The fourth-order valence-electron chi connectivity index (χ4n) is 4.39. The van der Waals surface area contributed by atoms with Crippen LogP contribution < -0.4 is 0 Å². The van der Waals surface area contributed by atoms with E-state index in [9.17, 15) is 9.90 Å². The first kappa shape index (κ1) is 16.2. The summed E-state index contributed by atoms with van der Waals surface area (Å²) >= 11 is 0. The van der Waals surface area contributed by atoms with E-state index in [0.29, 0.717) is 17.4 Å². The van der Waals surface area contributed by atoms with Crippen LogP contribution in [0, 0.1) is 12.8 Å². The highest BCUT2D eigenvalue weighted by Gasteiger charge is 2.45. The number of hydrogen-bond acceptors (Lipinski definition) is 4. The minimum Gasteiger partial charge on any atom is -0.396 e. The minimum atomic E-state index is 0.0526. The number of benzene rings is 1. The molecular formula is C20H23N3O2. The monoisotopic (exact) mass is 337 g/mol. The SMILES string of the molecule is Cc1ccc(-c2ncccn2)c(C(=O)N2C3CC[C@H](CO)[C@@H]2CC3)c1. The molecule has 3 heterocycles. The summed E-state index contributed by atoms with van der Waals surface area (Å²) in [5.41, 5.74) is 2.49. The maximum absolute atomic E-state index is 13.5. The highest BCUT2D eigenvalue weighted by Crippen LogP contribution is 2.40. The smallest absolute Gasteiger partial charge is 0.255 e. The van der Waals surface area contributed by atoms with Gasteiger partial charge in [-0.25, -0.2) is 9.97 Å². The van der Waals surface area contributed by atoms with Crippen molar-refractivity contribution in [2.24, 2.45) is 5.92 Å². The van der Waals surface area contributed by atoms with Gasteiger partial charge in [0, 0.05) is 42.6 Å². The number of carbonyl (C=O) groups is 1. The van der Waals surface area contributed by atoms with E-state index < -0.39 is 0 Å². The van der Waals surface area contributed by atoms with E-state index in [0.717, 1.165) is 36.8 Å². The molecule has 1 aromatic heterocycles. The molecule has 2 aliphatic rings. The topological polar surface area (TPSA) is 66.3 Å². The van der Waals surface area contributed by atoms with Gasteiger partial charge in [0.1, 0.15) is 0 Å². The lowest BCUT2D eigenvalue weighted by molar-refractivity contribution is 0.0384. The number of aromatic nitrogens is 2. The average molecular weight is 337 g/mol. The fourth-order valence-corrected chi connectivity index (χ4v) is 4.39. The van der Waals surface area contributed by atoms with Crippen LogP contribution in [0.3, 0.4) is 0 Å². The third kappa shape index (κ3) is 2.82. The van der Waals surface area contributed by atoms with E-state index in [4.69, 9.17) is 0 Å². The quantitative estimate of drug-likeness (QED) is 0.935. The van der Waals surface area contributed by atoms with Crippen molar-refractivity contribution >= 4 is 5.91 Å². The molecule has 0 spiro atoms. The Labute approximate surface area is 147 Å². The van der Waals surface area contributed by atoms with Crippen LogP contribution in [0.4, 0.5) is 0 Å². The summed E-state index contributed by atoms with van der Waals surface area (Å²) in [6, 6.07) is 8.09. The Bertz CT molecular complexity index is 778. The van der Waals surface area contributed by atoms with Crippen molar-refractivity contribution < 1.29 is 9.90 Å². The molecule has 1 amide bonds. The Balaban J connectivity index is 1.74. The Kier molecular flexibility index (Phi) is 4.25. The molecule has 130 valence electrons. The molecule has 1 unspecified atom stereocenters. The van der Waals surface area contributed by atoms with Crippen LogP contribution in [-0.4, -0.2) is 44.6 Å². The Morgan fingerprint density at radius 3 is 2.72 bits per heavy atom. The number of aliphatic hydroxyl groups is 1. The average Bonchev–Trinajstić information content (AvgIpc) is 2.95. The molecule has 3 atom stereocenters. The van der Waals surface area contributed by atoms with Crippen molar-refractivity contribution in [3.8, 4) is 11.4 Å². The van der Waals surface area contributed by atoms with Gasteiger partial charge >= 0.3 is 0 Å². The van der Waals surface area contributed by atoms with Crippen LogP contribution in [0.5, 0.6) is 0 Å². The molecular weight excluding hydrogens is 314 g/mol. The van der Waals surface area contributed by atoms with Gasteiger partial charge in [-0.1, -0.05) is 17.7 Å². The number of aryl methyl sites for hydroxylation is 1. The molecule has 1 aromatic carbocycles. The maximum Gasteiger partial charge on any atom is 0.255 e. The van der Waals surface area contributed by atoms with Crippen LogP contribution in [0.15, 0.2) is 36.7 Å². The van der Waals surface area contributed by atoms with Crippen molar-refractivity contribution in [3.63, 3.8) is 0 Å². The molecule has 5 heteroatoms. The number of piperidine rings is 1. The molecule has 0 aliphatic carbocycles. The second-order valence-corrected chi connectivity index (χ2v) is 7.15. The number of amides is 1. The molecule has 0 radical (unpaired) electrons. The van der Waals surface area contributed by atoms with Gasteiger partial charge < -0.3 is 10.0 Å². The summed E-state index contributed by atoms with van der Waals surface area (Å²) in [7, 11) is 0. The molecule has 4 rings (SSSR count). The highest BCUT2D eigenvalue weighted by molar-refractivity contribution is 6.01. The Morgan fingerprint density at radius 1 is 1.20 bits per heavy atom. The molecule has 2 fully saturated rings. The van der Waals surface area contributed by atoms with Gasteiger partial charge in [-0.15, -0.1) is 0 Å². The van der Waals surface area contributed by atoms with Crippen molar-refractivity contribution in [1.82, 2.24) is 14.9 Å². The van der Waals surface area contributed by atoms with Crippen LogP contribution in [0.1, 0.15) is 41.6 Å². The van der Waals surface area contributed by atoms with E-state index in [1.54, 1.807) is 18.5 Å². The number of rotatable bonds is 3. The number of aliphatic hydroxyl groups excluding tert-OH is 1. The van der Waals surface area contributed by atoms with Crippen LogP contribution in [0.25, 0.3) is 11.4 Å². The predicted molar refractivity (Wildman–Crippen MR) is 95.0 cm³/mol. The zero-order valence-corrected chi connectivity index (χ0v) is 14.4. The number of hydrogen-bond donors (Lipinski definition) is 1. The molecule has 0 saturated carbocycles. The first-order chi connectivity index (χ1) is 12.2. The molecule has 25 heavy (non-hydrogen) atoms. The minimum absolute atomic E-state index is 0.0526. The Morgan fingerprint density at radius 2 is 1.96 bits per heavy atom. The first-order valence-corrected chi connectivity index (χ1v) is 9.00. The van der Waals surface area contributed by atoms with E-state index >= 15 is 0 Å². The predicted octanol–water partition coefficient (Wildman–Crippen LogP) is 2.83. The lowest BCUT2D eigenvalue weighted by Crippen LogP contribution is -2.49. The van der Waals surface area contributed by atoms with Gasteiger partial charge in [0.05, 0.1) is 5.56 Å². The fraction of sp³-hybridized carbons (Fsp3) is 0.450. The van der Waals surface area contributed by atoms with Crippen molar-refractivity contribution in [2.75, 3.05) is 6.61 Å². The molecule has 5 nitrogen and oxygen atoms in total. The zero-order valence-electron chi connectivity index (χ0n) is 14.4.